The van der Waals surface area contributed by atoms with E-state index in [2.05, 4.69) is 59.0 Å². The maximum atomic E-state index is 10.5. The molecule has 0 fully saturated rings. The summed E-state index contributed by atoms with van der Waals surface area (Å²) in [5.74, 6) is 0.371. The summed E-state index contributed by atoms with van der Waals surface area (Å²) in [6, 6.07) is 4.18. The van der Waals surface area contributed by atoms with Crippen LogP contribution in [0.25, 0.3) is 0 Å². The average Bonchev–Trinajstić information content (AvgIpc) is 2.28. The van der Waals surface area contributed by atoms with Crippen LogP contribution >= 0.6 is 0 Å². The van der Waals surface area contributed by atoms with Crippen molar-refractivity contribution in [3.8, 4) is 5.75 Å². The molecule has 0 aliphatic rings. The highest BCUT2D eigenvalue weighted by molar-refractivity contribution is 5.48. The van der Waals surface area contributed by atoms with E-state index >= 15 is 0 Å². The number of phenolic OH excluding ortho intramolecular Hbond substituents is 1. The van der Waals surface area contributed by atoms with E-state index in [9.17, 15) is 5.11 Å². The van der Waals surface area contributed by atoms with E-state index in [1.54, 1.807) is 0 Å². The second-order valence-electron chi connectivity index (χ2n) is 7.43. The molecule has 3 nitrogen and oxygen atoms in total. The van der Waals surface area contributed by atoms with Gasteiger partial charge >= 0.3 is 0 Å². The average molecular weight is 279 g/mol. The maximum Gasteiger partial charge on any atom is 0.123 e. The normalized spacial score (nSPS) is 12.8. The van der Waals surface area contributed by atoms with E-state index in [0.29, 0.717) is 18.8 Å². The first kappa shape index (κ1) is 17.0. The summed E-state index contributed by atoms with van der Waals surface area (Å²) in [5.41, 5.74) is 3.04. The van der Waals surface area contributed by atoms with Gasteiger partial charge in [-0.1, -0.05) is 53.7 Å². The molecule has 0 aliphatic heterocycles. The third kappa shape index (κ3) is 4.22. The molecule has 114 valence electrons. The van der Waals surface area contributed by atoms with Gasteiger partial charge < -0.3 is 15.5 Å². The third-order valence-corrected chi connectivity index (χ3v) is 3.47. The lowest BCUT2D eigenvalue weighted by Gasteiger charge is -2.27. The topological polar surface area (TPSA) is 52.5 Å². The number of aliphatic hydroxyl groups is 1. The standard InChI is InChI=1S/C17H29NO2/c1-16(2,3)13-9-12(11-18-7-8-19)15(20)14(10-13)17(4,5)6/h9-10,18-20H,7-8,11H2,1-6H3. The van der Waals surface area contributed by atoms with Gasteiger partial charge in [-0.2, -0.15) is 0 Å². The Kier molecular flexibility index (Phi) is 5.22. The molecule has 1 rings (SSSR count). The van der Waals surface area contributed by atoms with E-state index in [1.807, 2.05) is 0 Å². The van der Waals surface area contributed by atoms with Crippen molar-refractivity contribution in [1.82, 2.24) is 5.32 Å². The maximum absolute atomic E-state index is 10.5. The second kappa shape index (κ2) is 6.15. The molecule has 0 spiro atoms. The Morgan fingerprint density at radius 3 is 2.05 bits per heavy atom. The number of aromatic hydroxyl groups is 1. The zero-order valence-corrected chi connectivity index (χ0v) is 13.7. The van der Waals surface area contributed by atoms with Gasteiger partial charge in [-0.3, -0.25) is 0 Å². The van der Waals surface area contributed by atoms with Crippen LogP contribution in [0.5, 0.6) is 5.75 Å². The van der Waals surface area contributed by atoms with E-state index in [-0.39, 0.29) is 17.4 Å². The summed E-state index contributed by atoms with van der Waals surface area (Å²) in [5, 5.41) is 22.5. The Morgan fingerprint density at radius 1 is 1.00 bits per heavy atom. The van der Waals surface area contributed by atoms with E-state index in [1.165, 1.54) is 5.56 Å². The van der Waals surface area contributed by atoms with Gasteiger partial charge in [-0.25, -0.2) is 0 Å². The molecule has 0 saturated carbocycles. The summed E-state index contributed by atoms with van der Waals surface area (Å²) >= 11 is 0. The van der Waals surface area contributed by atoms with Crippen LogP contribution in [0.15, 0.2) is 12.1 Å². The van der Waals surface area contributed by atoms with E-state index < -0.39 is 0 Å². The van der Waals surface area contributed by atoms with Crippen LogP contribution in [0.3, 0.4) is 0 Å². The summed E-state index contributed by atoms with van der Waals surface area (Å²) in [7, 11) is 0. The molecule has 20 heavy (non-hydrogen) atoms. The quantitative estimate of drug-likeness (QED) is 0.742. The molecule has 0 aliphatic carbocycles. The fourth-order valence-corrected chi connectivity index (χ4v) is 2.14. The Morgan fingerprint density at radius 2 is 1.60 bits per heavy atom. The first-order chi connectivity index (χ1) is 9.07. The molecule has 3 N–H and O–H groups in total. The van der Waals surface area contributed by atoms with Crippen molar-refractivity contribution in [2.75, 3.05) is 13.2 Å². The predicted molar refractivity (Wildman–Crippen MR) is 84.3 cm³/mol. The highest BCUT2D eigenvalue weighted by Crippen LogP contribution is 2.37. The lowest BCUT2D eigenvalue weighted by atomic mass is 9.79. The van der Waals surface area contributed by atoms with Crippen molar-refractivity contribution < 1.29 is 10.2 Å². The molecule has 0 unspecified atom stereocenters. The molecule has 0 heterocycles. The monoisotopic (exact) mass is 279 g/mol. The number of benzene rings is 1. The number of phenols is 1. The van der Waals surface area contributed by atoms with Crippen LogP contribution in [-0.2, 0) is 17.4 Å². The highest BCUT2D eigenvalue weighted by atomic mass is 16.3. The van der Waals surface area contributed by atoms with Gasteiger partial charge in [0, 0.05) is 18.7 Å². The molecule has 0 saturated heterocycles. The molecule has 0 atom stereocenters. The zero-order chi connectivity index (χ0) is 15.6. The molecule has 0 bridgehead atoms. The third-order valence-electron chi connectivity index (χ3n) is 3.47. The Balaban J connectivity index is 3.28. The SMILES string of the molecule is CC(C)(C)c1cc(CNCCO)c(O)c(C(C)(C)C)c1. The van der Waals surface area contributed by atoms with Gasteiger partial charge in [0.05, 0.1) is 6.61 Å². The summed E-state index contributed by atoms with van der Waals surface area (Å²) in [6.07, 6.45) is 0. The van der Waals surface area contributed by atoms with Gasteiger partial charge in [0.25, 0.3) is 0 Å². The number of hydrogen-bond donors (Lipinski definition) is 3. The minimum atomic E-state index is -0.100. The molecule has 3 heteroatoms. The van der Waals surface area contributed by atoms with Crippen molar-refractivity contribution in [1.29, 1.82) is 0 Å². The van der Waals surface area contributed by atoms with Crippen molar-refractivity contribution >= 4 is 0 Å². The van der Waals surface area contributed by atoms with Crippen molar-refractivity contribution in [3.63, 3.8) is 0 Å². The minimum Gasteiger partial charge on any atom is -0.507 e. The molecule has 1 aromatic rings. The van der Waals surface area contributed by atoms with Gasteiger partial charge in [0.2, 0.25) is 0 Å². The lowest BCUT2D eigenvalue weighted by Crippen LogP contribution is -2.21. The van der Waals surface area contributed by atoms with Crippen LogP contribution in [0, 0.1) is 0 Å². The van der Waals surface area contributed by atoms with Crippen LogP contribution in [0.2, 0.25) is 0 Å². The van der Waals surface area contributed by atoms with Crippen LogP contribution < -0.4 is 5.32 Å². The number of nitrogens with one attached hydrogen (secondary N) is 1. The van der Waals surface area contributed by atoms with Crippen LogP contribution in [-0.4, -0.2) is 23.4 Å². The highest BCUT2D eigenvalue weighted by Gasteiger charge is 2.24. The van der Waals surface area contributed by atoms with E-state index in [0.717, 1.165) is 11.1 Å². The van der Waals surface area contributed by atoms with Crippen LogP contribution in [0.4, 0.5) is 0 Å². The fourth-order valence-electron chi connectivity index (χ4n) is 2.14. The molecular weight excluding hydrogens is 250 g/mol. The Hall–Kier alpha value is -1.06. The first-order valence-electron chi connectivity index (χ1n) is 7.26. The van der Waals surface area contributed by atoms with Crippen LogP contribution in [0.1, 0.15) is 58.2 Å². The summed E-state index contributed by atoms with van der Waals surface area (Å²) in [4.78, 5) is 0. The molecular formula is C17H29NO2. The lowest BCUT2D eigenvalue weighted by molar-refractivity contribution is 0.291. The molecule has 0 amide bonds. The van der Waals surface area contributed by atoms with Gasteiger partial charge in [0.15, 0.2) is 0 Å². The molecule has 0 radical (unpaired) electrons. The van der Waals surface area contributed by atoms with Crippen molar-refractivity contribution in [3.05, 3.63) is 28.8 Å². The Labute approximate surface area is 123 Å². The first-order valence-corrected chi connectivity index (χ1v) is 7.26. The minimum absolute atomic E-state index is 0.0411. The second-order valence-corrected chi connectivity index (χ2v) is 7.43. The number of hydrogen-bond acceptors (Lipinski definition) is 3. The largest absolute Gasteiger partial charge is 0.507 e. The molecule has 1 aromatic carbocycles. The predicted octanol–water partition coefficient (Wildman–Crippen LogP) is 3.07. The van der Waals surface area contributed by atoms with Gasteiger partial charge in [-0.15, -0.1) is 0 Å². The smallest absolute Gasteiger partial charge is 0.123 e. The van der Waals surface area contributed by atoms with E-state index in [4.69, 9.17) is 5.11 Å². The summed E-state index contributed by atoms with van der Waals surface area (Å²) in [6.45, 7) is 14.1. The number of rotatable bonds is 4. The van der Waals surface area contributed by atoms with Crippen molar-refractivity contribution in [2.24, 2.45) is 0 Å². The molecule has 0 aromatic heterocycles. The zero-order valence-electron chi connectivity index (χ0n) is 13.7. The fraction of sp³-hybridized carbons (Fsp3) is 0.647. The van der Waals surface area contributed by atoms with Gasteiger partial charge in [-0.05, 0) is 22.0 Å². The summed E-state index contributed by atoms with van der Waals surface area (Å²) < 4.78 is 0. The van der Waals surface area contributed by atoms with Gasteiger partial charge in [0.1, 0.15) is 5.75 Å². The Bertz CT molecular complexity index is 453. The number of aliphatic hydroxyl groups excluding tert-OH is 1. The van der Waals surface area contributed by atoms with Crippen molar-refractivity contribution in [2.45, 2.75) is 58.9 Å².